The highest BCUT2D eigenvalue weighted by Gasteiger charge is 2.14. The minimum atomic E-state index is 0. The molecular formula is C9H21NO2. The van der Waals surface area contributed by atoms with Gasteiger partial charge in [-0.05, 0) is 18.8 Å². The predicted octanol–water partition coefficient (Wildman–Crippen LogP) is 1.95. The molecule has 0 aromatic carbocycles. The third kappa shape index (κ3) is 5.27. The molecule has 0 bridgehead atoms. The maximum atomic E-state index is 8.96. The Hall–Kier alpha value is -0.410. The second-order valence-corrected chi connectivity index (χ2v) is 2.81. The Bertz CT molecular complexity index is 90.5. The summed E-state index contributed by atoms with van der Waals surface area (Å²) in [6.07, 6.45) is 3.62. The van der Waals surface area contributed by atoms with Crippen LogP contribution in [0.15, 0.2) is 0 Å². The Morgan fingerprint density at radius 3 is 2.17 bits per heavy atom. The van der Waals surface area contributed by atoms with Crippen LogP contribution in [0.5, 0.6) is 0 Å². The summed E-state index contributed by atoms with van der Waals surface area (Å²) in [5, 5.41) is 10.4. The third-order valence-electron chi connectivity index (χ3n) is 2.17. The van der Waals surface area contributed by atoms with Gasteiger partial charge in [-0.3, -0.25) is 0 Å². The number of hydrogen-bond acceptors (Lipinski definition) is 3. The van der Waals surface area contributed by atoms with Crippen molar-refractivity contribution in [1.82, 2.24) is 5.06 Å². The highest BCUT2D eigenvalue weighted by molar-refractivity contribution is 5.10. The number of piperidine rings is 1. The molecule has 74 valence electrons. The third-order valence-corrected chi connectivity index (χ3v) is 2.17. The van der Waals surface area contributed by atoms with Crippen molar-refractivity contribution < 1.29 is 10.0 Å². The second-order valence-electron chi connectivity index (χ2n) is 2.81. The lowest BCUT2D eigenvalue weighted by Gasteiger charge is -2.26. The van der Waals surface area contributed by atoms with Crippen molar-refractivity contribution in [2.24, 2.45) is 5.92 Å². The highest BCUT2D eigenvalue weighted by atomic mass is 16.5. The fourth-order valence-electron chi connectivity index (χ4n) is 1.33. The number of hydroxylamine groups is 2. The number of carbonyl (C=O) groups excluding carboxylic acids is 1. The van der Waals surface area contributed by atoms with E-state index in [-0.39, 0.29) is 7.43 Å². The maximum Gasteiger partial charge on any atom is 0.106 e. The summed E-state index contributed by atoms with van der Waals surface area (Å²) in [5.74, 6) is 0.869. The number of hydrogen-bond donors (Lipinski definition) is 1. The Balaban J connectivity index is 0. The molecular weight excluding hydrogens is 154 g/mol. The van der Waals surface area contributed by atoms with Gasteiger partial charge < -0.3 is 10.0 Å². The van der Waals surface area contributed by atoms with Crippen LogP contribution in [-0.4, -0.2) is 30.1 Å². The molecule has 0 atom stereocenters. The van der Waals surface area contributed by atoms with Crippen LogP contribution in [0.2, 0.25) is 0 Å². The van der Waals surface area contributed by atoms with Gasteiger partial charge in [0.25, 0.3) is 0 Å². The molecule has 1 N–H and O–H groups in total. The highest BCUT2D eigenvalue weighted by Crippen LogP contribution is 2.17. The number of carbonyl (C=O) groups is 1. The van der Waals surface area contributed by atoms with Crippen LogP contribution in [0.3, 0.4) is 0 Å². The molecule has 3 heteroatoms. The fourth-order valence-corrected chi connectivity index (χ4v) is 1.33. The number of rotatable bonds is 1. The molecule has 1 saturated heterocycles. The van der Waals surface area contributed by atoms with Crippen LogP contribution in [0.25, 0.3) is 0 Å². The van der Waals surface area contributed by atoms with Crippen molar-refractivity contribution in [2.45, 2.75) is 33.6 Å². The zero-order chi connectivity index (χ0) is 8.69. The van der Waals surface area contributed by atoms with E-state index < -0.39 is 0 Å². The molecule has 1 heterocycles. The number of nitrogens with zero attached hydrogens (tertiary/aromatic N) is 1. The minimum Gasteiger partial charge on any atom is -0.314 e. The summed E-state index contributed by atoms with van der Waals surface area (Å²) in [7, 11) is 0. The quantitative estimate of drug-likeness (QED) is 0.662. The predicted molar refractivity (Wildman–Crippen MR) is 50.2 cm³/mol. The lowest BCUT2D eigenvalue weighted by molar-refractivity contribution is -0.112. The molecule has 0 radical (unpaired) electrons. The maximum absolute atomic E-state index is 8.96. The van der Waals surface area contributed by atoms with Crippen molar-refractivity contribution in [3.8, 4) is 0 Å². The minimum absolute atomic E-state index is 0. The van der Waals surface area contributed by atoms with Crippen LogP contribution >= 0.6 is 0 Å². The summed E-state index contributed by atoms with van der Waals surface area (Å²) in [6, 6.07) is 0. The van der Waals surface area contributed by atoms with Crippen LogP contribution in [0.1, 0.15) is 33.6 Å². The first-order valence-corrected chi connectivity index (χ1v) is 4.05. The first-order valence-electron chi connectivity index (χ1n) is 4.05. The topological polar surface area (TPSA) is 40.5 Å². The van der Waals surface area contributed by atoms with E-state index in [1.165, 1.54) is 24.3 Å². The van der Waals surface area contributed by atoms with Gasteiger partial charge >= 0.3 is 0 Å². The van der Waals surface area contributed by atoms with E-state index in [2.05, 4.69) is 6.92 Å². The van der Waals surface area contributed by atoms with Gasteiger partial charge in [0.1, 0.15) is 6.79 Å². The van der Waals surface area contributed by atoms with Crippen molar-refractivity contribution >= 4 is 6.79 Å². The molecule has 1 aliphatic rings. The van der Waals surface area contributed by atoms with Crippen molar-refractivity contribution in [3.63, 3.8) is 0 Å². The van der Waals surface area contributed by atoms with Crippen LogP contribution < -0.4 is 0 Å². The molecule has 0 saturated carbocycles. The first-order chi connectivity index (χ1) is 5.33. The van der Waals surface area contributed by atoms with Crippen molar-refractivity contribution in [2.75, 3.05) is 13.1 Å². The van der Waals surface area contributed by atoms with Gasteiger partial charge in [0.15, 0.2) is 0 Å². The molecule has 1 fully saturated rings. The van der Waals surface area contributed by atoms with Gasteiger partial charge in [-0.25, -0.2) is 0 Å². The van der Waals surface area contributed by atoms with E-state index in [1.54, 1.807) is 0 Å². The lowest BCUT2D eigenvalue weighted by atomic mass is 9.96. The average molecular weight is 175 g/mol. The van der Waals surface area contributed by atoms with Crippen LogP contribution in [0.4, 0.5) is 0 Å². The summed E-state index contributed by atoms with van der Waals surface area (Å²) in [4.78, 5) is 8.00. The van der Waals surface area contributed by atoms with Crippen molar-refractivity contribution in [1.29, 1.82) is 0 Å². The van der Waals surface area contributed by atoms with Gasteiger partial charge in [-0.15, -0.1) is 0 Å². The average Bonchev–Trinajstić information content (AvgIpc) is 2.10. The lowest BCUT2D eigenvalue weighted by Crippen LogP contribution is -2.30. The van der Waals surface area contributed by atoms with E-state index >= 15 is 0 Å². The monoisotopic (exact) mass is 175 g/mol. The molecule has 0 aromatic heterocycles. The Labute approximate surface area is 75.3 Å². The Morgan fingerprint density at radius 2 is 1.83 bits per heavy atom. The standard InChI is InChI=1S/C7H15NO.CH2O.CH4/c1-2-7-3-5-8(9)6-4-7;1-2;/h7,9H,2-6H2,1H3;1H2;1H4. The van der Waals surface area contributed by atoms with Gasteiger partial charge in [0, 0.05) is 13.1 Å². The summed E-state index contributed by atoms with van der Waals surface area (Å²) in [5.41, 5.74) is 0. The Morgan fingerprint density at radius 1 is 1.42 bits per heavy atom. The SMILES string of the molecule is C.C=O.CCC1CCN(O)CC1. The molecule has 0 aromatic rings. The van der Waals surface area contributed by atoms with Gasteiger partial charge in [0.2, 0.25) is 0 Å². The van der Waals surface area contributed by atoms with E-state index in [4.69, 9.17) is 10.0 Å². The van der Waals surface area contributed by atoms with E-state index in [9.17, 15) is 0 Å². The van der Waals surface area contributed by atoms with Crippen LogP contribution in [-0.2, 0) is 4.79 Å². The molecule has 0 spiro atoms. The molecule has 12 heavy (non-hydrogen) atoms. The van der Waals surface area contributed by atoms with E-state index in [1.807, 2.05) is 6.79 Å². The fraction of sp³-hybridized carbons (Fsp3) is 0.889. The molecule has 0 amide bonds. The zero-order valence-corrected chi connectivity index (χ0v) is 7.12. The van der Waals surface area contributed by atoms with Gasteiger partial charge in [0.05, 0.1) is 0 Å². The summed E-state index contributed by atoms with van der Waals surface area (Å²) in [6.45, 7) is 5.97. The zero-order valence-electron chi connectivity index (χ0n) is 7.12. The van der Waals surface area contributed by atoms with Gasteiger partial charge in [-0.2, -0.15) is 5.06 Å². The summed E-state index contributed by atoms with van der Waals surface area (Å²) < 4.78 is 0. The summed E-state index contributed by atoms with van der Waals surface area (Å²) >= 11 is 0. The van der Waals surface area contributed by atoms with Crippen LogP contribution in [0, 0.1) is 5.92 Å². The molecule has 0 aliphatic carbocycles. The smallest absolute Gasteiger partial charge is 0.106 e. The molecule has 1 aliphatic heterocycles. The van der Waals surface area contributed by atoms with E-state index in [0.29, 0.717) is 0 Å². The normalized spacial score (nSPS) is 18.8. The van der Waals surface area contributed by atoms with Crippen molar-refractivity contribution in [3.05, 3.63) is 0 Å². The van der Waals surface area contributed by atoms with Gasteiger partial charge in [-0.1, -0.05) is 20.8 Å². The largest absolute Gasteiger partial charge is 0.314 e. The molecule has 3 nitrogen and oxygen atoms in total. The second kappa shape index (κ2) is 8.68. The molecule has 0 unspecified atom stereocenters. The van der Waals surface area contributed by atoms with E-state index in [0.717, 1.165) is 19.0 Å². The first kappa shape index (κ1) is 14.1. The Kier molecular flexibility index (Phi) is 10.2. The molecule has 1 rings (SSSR count).